The van der Waals surface area contributed by atoms with Crippen LogP contribution in [-0.4, -0.2) is 56.9 Å². The summed E-state index contributed by atoms with van der Waals surface area (Å²) in [6.07, 6.45) is 29.6. The van der Waals surface area contributed by atoms with E-state index in [0.717, 1.165) is 32.1 Å². The lowest BCUT2D eigenvalue weighted by atomic mass is 9.78. The molecule has 8 N–H and O–H groups in total. The highest BCUT2D eigenvalue weighted by atomic mass is 16.3. The molecule has 0 aromatic heterocycles. The first-order chi connectivity index (χ1) is 20.3. The van der Waals surface area contributed by atoms with Crippen LogP contribution >= 0.6 is 0 Å². The summed E-state index contributed by atoms with van der Waals surface area (Å²) in [5.74, 6) is 0. The lowest BCUT2D eigenvalue weighted by Crippen LogP contribution is -2.66. The minimum Gasteiger partial charge on any atom is -0.394 e. The average molecular weight is 601 g/mol. The highest BCUT2D eigenvalue weighted by molar-refractivity contribution is 5.02. The number of nitrogens with two attached hydrogens (primary N) is 2. The van der Waals surface area contributed by atoms with Crippen LogP contribution in [0, 0.1) is 0 Å². The zero-order valence-corrected chi connectivity index (χ0v) is 28.3. The maximum atomic E-state index is 11.0. The predicted octanol–water partition coefficient (Wildman–Crippen LogP) is 8.05. The SMILES string of the molecule is CCCCCCCCCCCCCCCC(N)C(O)C(O)C(N)(CCCCCCCCCCCCCCC)C(O)CO. The van der Waals surface area contributed by atoms with E-state index in [1.165, 1.54) is 135 Å². The van der Waals surface area contributed by atoms with Gasteiger partial charge in [-0.3, -0.25) is 0 Å². The van der Waals surface area contributed by atoms with Crippen LogP contribution in [0.1, 0.15) is 194 Å². The van der Waals surface area contributed by atoms with Crippen molar-refractivity contribution in [2.75, 3.05) is 6.61 Å². The molecule has 0 bridgehead atoms. The van der Waals surface area contributed by atoms with E-state index < -0.39 is 36.5 Å². The third-order valence-electron chi connectivity index (χ3n) is 9.46. The molecule has 0 radical (unpaired) electrons. The van der Waals surface area contributed by atoms with E-state index in [9.17, 15) is 20.4 Å². The highest BCUT2D eigenvalue weighted by Gasteiger charge is 2.44. The summed E-state index contributed by atoms with van der Waals surface area (Å²) >= 11 is 0. The molecule has 0 aliphatic heterocycles. The van der Waals surface area contributed by atoms with Gasteiger partial charge in [0.1, 0.15) is 6.10 Å². The molecule has 0 rings (SSSR count). The normalized spacial score (nSPS) is 16.3. The Kier molecular flexibility index (Phi) is 29.3. The number of hydrogen-bond donors (Lipinski definition) is 6. The Bertz CT molecular complexity index is 552. The van der Waals surface area contributed by atoms with Gasteiger partial charge in [-0.2, -0.15) is 0 Å². The van der Waals surface area contributed by atoms with Crippen molar-refractivity contribution in [1.82, 2.24) is 0 Å². The van der Waals surface area contributed by atoms with Crippen molar-refractivity contribution < 1.29 is 20.4 Å². The van der Waals surface area contributed by atoms with Crippen molar-refractivity contribution in [2.24, 2.45) is 11.5 Å². The van der Waals surface area contributed by atoms with Crippen molar-refractivity contribution >= 4 is 0 Å². The molecule has 0 fully saturated rings. The Morgan fingerprint density at radius 3 is 1.14 bits per heavy atom. The fraction of sp³-hybridized carbons (Fsp3) is 1.00. The summed E-state index contributed by atoms with van der Waals surface area (Å²) in [5, 5.41) is 41.9. The largest absolute Gasteiger partial charge is 0.394 e. The fourth-order valence-electron chi connectivity index (χ4n) is 6.25. The molecule has 6 nitrogen and oxygen atoms in total. The zero-order valence-electron chi connectivity index (χ0n) is 28.3. The van der Waals surface area contributed by atoms with Crippen LogP contribution in [0.4, 0.5) is 0 Å². The smallest absolute Gasteiger partial charge is 0.102 e. The van der Waals surface area contributed by atoms with Crippen LogP contribution < -0.4 is 11.5 Å². The summed E-state index contributed by atoms with van der Waals surface area (Å²) in [4.78, 5) is 0. The Labute approximate surface area is 261 Å². The molecule has 0 saturated carbocycles. The standard InChI is InChI=1S/C36H76N2O4/c1-3-5-7-9-11-13-15-17-19-21-23-25-27-29-32(37)34(41)35(42)36(38,33(40)31-39)30-28-26-24-22-20-18-16-14-12-10-8-6-4-2/h32-35,39-42H,3-31,37-38H2,1-2H3. The van der Waals surface area contributed by atoms with Crippen LogP contribution in [0.15, 0.2) is 0 Å². The molecule has 0 spiro atoms. The van der Waals surface area contributed by atoms with Gasteiger partial charge in [-0.05, 0) is 12.8 Å². The Morgan fingerprint density at radius 1 is 0.500 bits per heavy atom. The van der Waals surface area contributed by atoms with Crippen LogP contribution in [-0.2, 0) is 0 Å². The van der Waals surface area contributed by atoms with E-state index in [2.05, 4.69) is 13.8 Å². The van der Waals surface area contributed by atoms with E-state index in [4.69, 9.17) is 11.5 Å². The predicted molar refractivity (Wildman–Crippen MR) is 181 cm³/mol. The van der Waals surface area contributed by atoms with Gasteiger partial charge in [0.2, 0.25) is 0 Å². The summed E-state index contributed by atoms with van der Waals surface area (Å²) in [6.45, 7) is 3.97. The Morgan fingerprint density at radius 2 is 0.810 bits per heavy atom. The van der Waals surface area contributed by atoms with Crippen LogP contribution in [0.25, 0.3) is 0 Å². The third kappa shape index (κ3) is 21.5. The number of hydrogen-bond acceptors (Lipinski definition) is 6. The molecule has 0 aromatic carbocycles. The average Bonchev–Trinajstić information content (AvgIpc) is 3.00. The van der Waals surface area contributed by atoms with Gasteiger partial charge in [0.05, 0.1) is 24.4 Å². The summed E-state index contributed by atoms with van der Waals surface area (Å²) in [7, 11) is 0. The van der Waals surface area contributed by atoms with Gasteiger partial charge < -0.3 is 31.9 Å². The Hall–Kier alpha value is -0.240. The molecule has 6 heteroatoms. The first kappa shape index (κ1) is 41.8. The second-order valence-corrected chi connectivity index (χ2v) is 13.4. The van der Waals surface area contributed by atoms with Gasteiger partial charge in [-0.15, -0.1) is 0 Å². The van der Waals surface area contributed by atoms with Crippen molar-refractivity contribution in [3.8, 4) is 0 Å². The zero-order chi connectivity index (χ0) is 31.3. The molecule has 0 heterocycles. The van der Waals surface area contributed by atoms with Crippen LogP contribution in [0.3, 0.4) is 0 Å². The lowest BCUT2D eigenvalue weighted by Gasteiger charge is -2.41. The molecule has 0 amide bonds. The maximum Gasteiger partial charge on any atom is 0.102 e. The number of rotatable bonds is 33. The molecule has 5 unspecified atom stereocenters. The van der Waals surface area contributed by atoms with E-state index in [1.54, 1.807) is 0 Å². The van der Waals surface area contributed by atoms with Crippen LogP contribution in [0.5, 0.6) is 0 Å². The molecule has 0 aliphatic rings. The van der Waals surface area contributed by atoms with Crippen LogP contribution in [0.2, 0.25) is 0 Å². The summed E-state index contributed by atoms with van der Waals surface area (Å²) in [5.41, 5.74) is 11.3. The minimum atomic E-state index is -1.47. The molecule has 0 aromatic rings. The van der Waals surface area contributed by atoms with Crippen molar-refractivity contribution in [2.45, 2.75) is 224 Å². The van der Waals surface area contributed by atoms with E-state index in [-0.39, 0.29) is 0 Å². The number of unbranched alkanes of at least 4 members (excludes halogenated alkanes) is 24. The molecule has 42 heavy (non-hydrogen) atoms. The minimum absolute atomic E-state index is 0.343. The number of aliphatic hydroxyl groups is 4. The van der Waals surface area contributed by atoms with Crippen molar-refractivity contribution in [3.05, 3.63) is 0 Å². The van der Waals surface area contributed by atoms with E-state index in [1.807, 2.05) is 0 Å². The fourth-order valence-corrected chi connectivity index (χ4v) is 6.25. The van der Waals surface area contributed by atoms with Gasteiger partial charge in [-0.1, -0.05) is 181 Å². The number of aliphatic hydroxyl groups excluding tert-OH is 4. The quantitative estimate of drug-likeness (QED) is 0.0422. The highest BCUT2D eigenvalue weighted by Crippen LogP contribution is 2.26. The molecule has 254 valence electrons. The summed E-state index contributed by atoms with van der Waals surface area (Å²) in [6, 6.07) is -0.604. The monoisotopic (exact) mass is 601 g/mol. The first-order valence-electron chi connectivity index (χ1n) is 18.5. The van der Waals surface area contributed by atoms with Gasteiger partial charge in [-0.25, -0.2) is 0 Å². The molecule has 0 saturated heterocycles. The van der Waals surface area contributed by atoms with Gasteiger partial charge in [0.15, 0.2) is 0 Å². The lowest BCUT2D eigenvalue weighted by molar-refractivity contribution is -0.0956. The van der Waals surface area contributed by atoms with E-state index >= 15 is 0 Å². The molecule has 5 atom stereocenters. The maximum absolute atomic E-state index is 11.0. The van der Waals surface area contributed by atoms with Gasteiger partial charge in [0.25, 0.3) is 0 Å². The van der Waals surface area contributed by atoms with Crippen molar-refractivity contribution in [3.63, 3.8) is 0 Å². The van der Waals surface area contributed by atoms with E-state index in [0.29, 0.717) is 12.8 Å². The van der Waals surface area contributed by atoms with Gasteiger partial charge >= 0.3 is 0 Å². The first-order valence-corrected chi connectivity index (χ1v) is 18.5. The second kappa shape index (κ2) is 29.5. The van der Waals surface area contributed by atoms with Crippen molar-refractivity contribution in [1.29, 1.82) is 0 Å². The third-order valence-corrected chi connectivity index (χ3v) is 9.46. The molecular weight excluding hydrogens is 524 g/mol. The van der Waals surface area contributed by atoms with Gasteiger partial charge in [0, 0.05) is 6.04 Å². The Balaban J connectivity index is 4.10. The molecule has 0 aliphatic carbocycles. The summed E-state index contributed by atoms with van der Waals surface area (Å²) < 4.78 is 0. The second-order valence-electron chi connectivity index (χ2n) is 13.4. The topological polar surface area (TPSA) is 133 Å². The molecular formula is C36H76N2O4.